The molecule has 0 saturated heterocycles. The summed E-state index contributed by atoms with van der Waals surface area (Å²) < 4.78 is 35.8. The first kappa shape index (κ1) is 20.1. The number of fused-ring (bicyclic) bond motifs is 1. The Morgan fingerprint density at radius 2 is 1.70 bits per heavy atom. The first-order chi connectivity index (χ1) is 14.3. The van der Waals surface area contributed by atoms with Gasteiger partial charge in [0.15, 0.2) is 11.4 Å². The Morgan fingerprint density at radius 1 is 1.00 bits per heavy atom. The highest BCUT2D eigenvalue weighted by Gasteiger charge is 2.17. The van der Waals surface area contributed by atoms with Crippen molar-refractivity contribution in [1.82, 2.24) is 0 Å². The second kappa shape index (κ2) is 7.89. The average molecular weight is 439 g/mol. The quantitative estimate of drug-likeness (QED) is 0.368. The second-order valence-corrected chi connectivity index (χ2v) is 9.37. The molecule has 0 fully saturated rings. The van der Waals surface area contributed by atoms with Gasteiger partial charge in [-0.2, -0.15) is 8.42 Å². The number of nitrogens with zero attached hydrogens (tertiary/aromatic N) is 1. The van der Waals surface area contributed by atoms with Crippen LogP contribution in [0.2, 0.25) is 0 Å². The number of sulfonamides is 1. The third-order valence-corrected chi connectivity index (χ3v) is 6.52. The van der Waals surface area contributed by atoms with Crippen molar-refractivity contribution in [2.45, 2.75) is 18.7 Å². The summed E-state index contributed by atoms with van der Waals surface area (Å²) in [4.78, 5) is 11.3. The molecule has 0 bridgehead atoms. The first-order valence-corrected chi connectivity index (χ1v) is 11.4. The Bertz CT molecular complexity index is 1400. The lowest BCUT2D eigenvalue weighted by Crippen LogP contribution is -2.16. The van der Waals surface area contributed by atoms with E-state index in [1.165, 1.54) is 12.1 Å². The largest absolute Gasteiger partial charge is 0.414 e. The van der Waals surface area contributed by atoms with Crippen LogP contribution in [0.1, 0.15) is 16.7 Å². The van der Waals surface area contributed by atoms with Gasteiger partial charge in [0.05, 0.1) is 9.60 Å². The summed E-state index contributed by atoms with van der Waals surface area (Å²) >= 11 is 0.994. The van der Waals surface area contributed by atoms with E-state index in [0.717, 1.165) is 22.5 Å². The normalized spacial score (nSPS) is 12.3. The van der Waals surface area contributed by atoms with Gasteiger partial charge in [0.1, 0.15) is 0 Å². The lowest BCUT2D eigenvalue weighted by molar-refractivity contribution is 0.583. The lowest BCUT2D eigenvalue weighted by Gasteiger charge is -2.11. The van der Waals surface area contributed by atoms with Gasteiger partial charge in [-0.3, -0.25) is 0 Å². The van der Waals surface area contributed by atoms with Crippen molar-refractivity contribution in [3.63, 3.8) is 0 Å². The molecule has 0 aliphatic carbocycles. The molecule has 4 aromatic rings. The van der Waals surface area contributed by atoms with Crippen LogP contribution in [0.5, 0.6) is 0 Å². The predicted octanol–water partition coefficient (Wildman–Crippen LogP) is 4.72. The highest BCUT2D eigenvalue weighted by atomic mass is 32.2. The summed E-state index contributed by atoms with van der Waals surface area (Å²) in [7, 11) is -3.93. The van der Waals surface area contributed by atoms with Crippen molar-refractivity contribution < 1.29 is 12.8 Å². The Hall–Kier alpha value is -3.23. The Kier molecular flexibility index (Phi) is 5.27. The van der Waals surface area contributed by atoms with Crippen LogP contribution in [0, 0.1) is 13.8 Å². The summed E-state index contributed by atoms with van der Waals surface area (Å²) in [6, 6.07) is 19.1. The van der Waals surface area contributed by atoms with E-state index in [2.05, 4.69) is 9.71 Å². The van der Waals surface area contributed by atoms with Crippen molar-refractivity contribution in [3.05, 3.63) is 93.2 Å². The topological polar surface area (TPSA) is 88.7 Å². The van der Waals surface area contributed by atoms with Crippen molar-refractivity contribution in [2.75, 3.05) is 5.32 Å². The third kappa shape index (κ3) is 4.19. The lowest BCUT2D eigenvalue weighted by atomic mass is 10.1. The Balaban J connectivity index is 1.80. The van der Waals surface area contributed by atoms with Crippen molar-refractivity contribution in [1.29, 1.82) is 0 Å². The van der Waals surface area contributed by atoms with Crippen LogP contribution in [0.4, 0.5) is 5.69 Å². The molecule has 1 N–H and O–H groups in total. The highest BCUT2D eigenvalue weighted by Crippen LogP contribution is 2.26. The van der Waals surface area contributed by atoms with Crippen LogP contribution in [0.3, 0.4) is 0 Å². The maximum atomic E-state index is 12.9. The molecule has 0 spiro atoms. The zero-order chi connectivity index (χ0) is 21.3. The minimum Gasteiger partial charge on any atom is -0.414 e. The zero-order valence-electron chi connectivity index (χ0n) is 16.2. The number of hydrogen-bond donors (Lipinski definition) is 1. The third-order valence-electron chi connectivity index (χ3n) is 4.46. The van der Waals surface area contributed by atoms with E-state index in [9.17, 15) is 13.2 Å². The number of nitrogens with one attached hydrogen (secondary N) is 1. The molecule has 0 aliphatic heterocycles. The van der Waals surface area contributed by atoms with Crippen LogP contribution in [0.15, 0.2) is 85.2 Å². The molecule has 6 nitrogen and oxygen atoms in total. The SMILES string of the molecule is Cc1ccc(S(=O)(=O)N=C(Nc2cc(C)c3oc(=O)sc3c2)c2ccccc2)cc1. The smallest absolute Gasteiger partial charge is 0.396 e. The molecular formula is C22H18N2O4S2. The molecule has 30 heavy (non-hydrogen) atoms. The molecule has 1 aromatic heterocycles. The predicted molar refractivity (Wildman–Crippen MR) is 120 cm³/mol. The molecule has 0 radical (unpaired) electrons. The summed E-state index contributed by atoms with van der Waals surface area (Å²) in [6.45, 7) is 3.71. The summed E-state index contributed by atoms with van der Waals surface area (Å²) in [5.41, 5.74) is 3.48. The minimum absolute atomic E-state index is 0.114. The molecule has 0 aliphatic rings. The highest BCUT2D eigenvalue weighted by molar-refractivity contribution is 7.90. The molecule has 4 rings (SSSR count). The minimum atomic E-state index is -3.93. The molecule has 0 atom stereocenters. The van der Waals surface area contributed by atoms with Crippen LogP contribution in [-0.4, -0.2) is 14.3 Å². The average Bonchev–Trinajstić information content (AvgIpc) is 3.09. The Morgan fingerprint density at radius 3 is 2.40 bits per heavy atom. The van der Waals surface area contributed by atoms with Crippen LogP contribution < -0.4 is 10.3 Å². The van der Waals surface area contributed by atoms with Crippen LogP contribution in [0.25, 0.3) is 10.3 Å². The van der Waals surface area contributed by atoms with Crippen LogP contribution >= 0.6 is 11.3 Å². The van der Waals surface area contributed by atoms with E-state index in [-0.39, 0.29) is 15.7 Å². The summed E-state index contributed by atoms with van der Waals surface area (Å²) in [5.74, 6) is 0.186. The number of benzene rings is 3. The Labute approximate surface area is 177 Å². The van der Waals surface area contributed by atoms with E-state index in [0.29, 0.717) is 21.5 Å². The van der Waals surface area contributed by atoms with Gasteiger partial charge in [-0.1, -0.05) is 59.4 Å². The van der Waals surface area contributed by atoms with Gasteiger partial charge in [-0.25, -0.2) is 4.79 Å². The van der Waals surface area contributed by atoms with E-state index in [1.807, 2.05) is 19.9 Å². The first-order valence-electron chi connectivity index (χ1n) is 9.10. The van der Waals surface area contributed by atoms with Gasteiger partial charge < -0.3 is 9.73 Å². The number of anilines is 1. The number of amidine groups is 1. The molecule has 3 aromatic carbocycles. The number of rotatable bonds is 4. The van der Waals surface area contributed by atoms with Gasteiger partial charge >= 0.3 is 4.94 Å². The fraction of sp³-hybridized carbons (Fsp3) is 0.0909. The number of hydrogen-bond acceptors (Lipinski definition) is 5. The van der Waals surface area contributed by atoms with Crippen LogP contribution in [-0.2, 0) is 10.0 Å². The zero-order valence-corrected chi connectivity index (χ0v) is 17.9. The maximum Gasteiger partial charge on any atom is 0.396 e. The van der Waals surface area contributed by atoms with Gasteiger partial charge in [0, 0.05) is 11.3 Å². The number of aryl methyl sites for hydroxylation is 2. The van der Waals surface area contributed by atoms with Crippen molar-refractivity contribution >= 4 is 43.2 Å². The van der Waals surface area contributed by atoms with Crippen molar-refractivity contribution in [3.8, 4) is 0 Å². The van der Waals surface area contributed by atoms with Gasteiger partial charge in [-0.15, -0.1) is 4.40 Å². The standard InChI is InChI=1S/C22H18N2O4S2/c1-14-8-10-18(11-9-14)30(26,27)24-21(16-6-4-3-5-7-16)23-17-12-15(2)20-19(13-17)29-22(25)28-20/h3-13H,1-2H3,(H,23,24). The summed E-state index contributed by atoms with van der Waals surface area (Å²) in [6.07, 6.45) is 0. The molecule has 0 amide bonds. The monoisotopic (exact) mass is 438 g/mol. The van der Waals surface area contributed by atoms with Gasteiger partial charge in [-0.05, 0) is 43.7 Å². The van der Waals surface area contributed by atoms with E-state index in [1.54, 1.807) is 48.5 Å². The molecule has 0 unspecified atom stereocenters. The van der Waals surface area contributed by atoms with E-state index < -0.39 is 10.0 Å². The van der Waals surface area contributed by atoms with Gasteiger partial charge in [0.25, 0.3) is 10.0 Å². The molecule has 152 valence electrons. The molecule has 8 heteroatoms. The maximum absolute atomic E-state index is 12.9. The van der Waals surface area contributed by atoms with Crippen molar-refractivity contribution in [2.24, 2.45) is 4.40 Å². The molecular weight excluding hydrogens is 420 g/mol. The van der Waals surface area contributed by atoms with E-state index >= 15 is 0 Å². The van der Waals surface area contributed by atoms with Gasteiger partial charge in [0.2, 0.25) is 0 Å². The second-order valence-electron chi connectivity index (χ2n) is 6.79. The fourth-order valence-corrected chi connectivity index (χ4v) is 4.74. The molecule has 0 saturated carbocycles. The van der Waals surface area contributed by atoms with E-state index in [4.69, 9.17) is 4.42 Å². The molecule has 1 heterocycles. The fourth-order valence-electron chi connectivity index (χ4n) is 2.98. The summed E-state index contributed by atoms with van der Waals surface area (Å²) in [5, 5.41) is 3.11.